The number of hydrogen-bond acceptors (Lipinski definition) is 2. The van der Waals surface area contributed by atoms with E-state index in [0.717, 1.165) is 0 Å². The molecule has 0 amide bonds. The number of carboxylic acid groups (broad SMARTS) is 1. The zero-order chi connectivity index (χ0) is 12.2. The second-order valence-electron chi connectivity index (χ2n) is 4.35. The first kappa shape index (κ1) is 12.5. The Bertz CT molecular complexity index is 377. The molecule has 4 heteroatoms. The van der Waals surface area contributed by atoms with Crippen molar-refractivity contribution in [3.63, 3.8) is 0 Å². The van der Waals surface area contributed by atoms with E-state index in [2.05, 4.69) is 5.32 Å². The topological polar surface area (TPSA) is 49.3 Å². The van der Waals surface area contributed by atoms with E-state index in [4.69, 9.17) is 5.11 Å². The summed E-state index contributed by atoms with van der Waals surface area (Å²) in [6.07, 6.45) is 0.441. The molecule has 0 unspecified atom stereocenters. The Labute approximate surface area is 94.3 Å². The van der Waals surface area contributed by atoms with Crippen molar-refractivity contribution in [1.29, 1.82) is 0 Å². The van der Waals surface area contributed by atoms with E-state index in [-0.39, 0.29) is 5.82 Å². The molecule has 0 aromatic heterocycles. The largest absolute Gasteiger partial charge is 0.481 e. The Morgan fingerprint density at radius 3 is 2.62 bits per heavy atom. The van der Waals surface area contributed by atoms with E-state index < -0.39 is 11.4 Å². The fourth-order valence-corrected chi connectivity index (χ4v) is 1.22. The molecule has 1 rings (SSSR count). The molecule has 0 aliphatic heterocycles. The molecular formula is C12H16FNO2. The lowest BCUT2D eigenvalue weighted by molar-refractivity contribution is -0.147. The van der Waals surface area contributed by atoms with E-state index in [1.54, 1.807) is 32.0 Å². The Morgan fingerprint density at radius 1 is 1.44 bits per heavy atom. The minimum absolute atomic E-state index is 0.323. The van der Waals surface area contributed by atoms with Crippen LogP contribution >= 0.6 is 0 Å². The van der Waals surface area contributed by atoms with Gasteiger partial charge >= 0.3 is 5.97 Å². The third kappa shape index (κ3) is 3.22. The molecular weight excluding hydrogens is 209 g/mol. The molecule has 1 aromatic rings. The third-order valence-electron chi connectivity index (χ3n) is 2.52. The minimum atomic E-state index is -0.845. The molecule has 0 bridgehead atoms. The molecule has 0 saturated heterocycles. The highest BCUT2D eigenvalue weighted by molar-refractivity contribution is 5.73. The van der Waals surface area contributed by atoms with Crippen molar-refractivity contribution in [1.82, 2.24) is 0 Å². The van der Waals surface area contributed by atoms with E-state index in [1.807, 2.05) is 0 Å². The molecule has 2 N–H and O–H groups in total. The number of rotatable bonds is 5. The summed E-state index contributed by atoms with van der Waals surface area (Å²) in [5.41, 5.74) is -0.387. The van der Waals surface area contributed by atoms with Gasteiger partial charge in [0.05, 0.1) is 11.1 Å². The maximum atomic E-state index is 13.2. The molecule has 0 fully saturated rings. The number of halogens is 1. The van der Waals surface area contributed by atoms with Gasteiger partial charge in [-0.05, 0) is 32.4 Å². The van der Waals surface area contributed by atoms with Crippen LogP contribution in [0.15, 0.2) is 24.3 Å². The van der Waals surface area contributed by atoms with E-state index in [1.165, 1.54) is 6.07 Å². The van der Waals surface area contributed by atoms with Gasteiger partial charge in [0.25, 0.3) is 0 Å². The van der Waals surface area contributed by atoms with Gasteiger partial charge in [0.15, 0.2) is 0 Å². The van der Waals surface area contributed by atoms with Crippen molar-refractivity contribution in [3.05, 3.63) is 30.1 Å². The van der Waals surface area contributed by atoms with Gasteiger partial charge in [-0.15, -0.1) is 0 Å². The highest BCUT2D eigenvalue weighted by Gasteiger charge is 2.26. The summed E-state index contributed by atoms with van der Waals surface area (Å²) in [6, 6.07) is 6.34. The fourth-order valence-electron chi connectivity index (χ4n) is 1.22. The maximum Gasteiger partial charge on any atom is 0.309 e. The smallest absolute Gasteiger partial charge is 0.309 e. The Balaban J connectivity index is 2.48. The van der Waals surface area contributed by atoms with Crippen LogP contribution in [0.4, 0.5) is 10.1 Å². The third-order valence-corrected chi connectivity index (χ3v) is 2.52. The summed E-state index contributed by atoms with van der Waals surface area (Å²) in [5, 5.41) is 11.8. The molecule has 0 saturated carbocycles. The number of hydrogen-bond donors (Lipinski definition) is 2. The highest BCUT2D eigenvalue weighted by Crippen LogP contribution is 2.21. The normalized spacial score (nSPS) is 11.2. The van der Waals surface area contributed by atoms with Crippen LogP contribution in [0.25, 0.3) is 0 Å². The van der Waals surface area contributed by atoms with Gasteiger partial charge in [0.2, 0.25) is 0 Å². The monoisotopic (exact) mass is 225 g/mol. The molecule has 0 aliphatic carbocycles. The summed E-state index contributed by atoms with van der Waals surface area (Å²) in [5.74, 6) is -1.17. The van der Waals surface area contributed by atoms with Gasteiger partial charge in [-0.2, -0.15) is 0 Å². The lowest BCUT2D eigenvalue weighted by Crippen LogP contribution is -2.26. The highest BCUT2D eigenvalue weighted by atomic mass is 19.1. The molecule has 0 atom stereocenters. The first-order valence-electron chi connectivity index (χ1n) is 5.15. The van der Waals surface area contributed by atoms with Gasteiger partial charge in [-0.3, -0.25) is 4.79 Å². The first-order chi connectivity index (χ1) is 7.43. The van der Waals surface area contributed by atoms with Crippen LogP contribution in [0.1, 0.15) is 20.3 Å². The second kappa shape index (κ2) is 4.96. The number of benzene rings is 1. The summed E-state index contributed by atoms with van der Waals surface area (Å²) >= 11 is 0. The van der Waals surface area contributed by atoms with Crippen LogP contribution in [0.2, 0.25) is 0 Å². The van der Waals surface area contributed by atoms with Crippen molar-refractivity contribution in [2.24, 2.45) is 5.41 Å². The predicted octanol–water partition coefficient (Wildman–Crippen LogP) is 2.74. The molecule has 0 spiro atoms. The van der Waals surface area contributed by atoms with Crippen molar-refractivity contribution < 1.29 is 14.3 Å². The second-order valence-corrected chi connectivity index (χ2v) is 4.35. The lowest BCUT2D eigenvalue weighted by Gasteiger charge is -2.19. The van der Waals surface area contributed by atoms with Crippen LogP contribution in [-0.2, 0) is 4.79 Å². The van der Waals surface area contributed by atoms with Crippen LogP contribution < -0.4 is 5.32 Å². The zero-order valence-corrected chi connectivity index (χ0v) is 9.46. The van der Waals surface area contributed by atoms with Crippen molar-refractivity contribution >= 4 is 11.7 Å². The molecule has 3 nitrogen and oxygen atoms in total. The van der Waals surface area contributed by atoms with Crippen LogP contribution in [-0.4, -0.2) is 17.6 Å². The number of carboxylic acids is 1. The van der Waals surface area contributed by atoms with E-state index >= 15 is 0 Å². The van der Waals surface area contributed by atoms with Gasteiger partial charge in [-0.1, -0.05) is 12.1 Å². The summed E-state index contributed by atoms with van der Waals surface area (Å²) in [7, 11) is 0. The fraction of sp³-hybridized carbons (Fsp3) is 0.417. The molecule has 0 radical (unpaired) electrons. The van der Waals surface area contributed by atoms with E-state index in [9.17, 15) is 9.18 Å². The van der Waals surface area contributed by atoms with Crippen LogP contribution in [0, 0.1) is 11.2 Å². The Morgan fingerprint density at radius 2 is 2.06 bits per heavy atom. The number of carbonyl (C=O) groups is 1. The number of anilines is 1. The minimum Gasteiger partial charge on any atom is -0.481 e. The Kier molecular flexibility index (Phi) is 3.88. The predicted molar refractivity (Wildman–Crippen MR) is 60.9 cm³/mol. The van der Waals surface area contributed by atoms with Gasteiger partial charge < -0.3 is 10.4 Å². The molecule has 88 valence electrons. The molecule has 16 heavy (non-hydrogen) atoms. The Hall–Kier alpha value is -1.58. The van der Waals surface area contributed by atoms with Crippen molar-refractivity contribution in [3.8, 4) is 0 Å². The summed E-state index contributed by atoms with van der Waals surface area (Å²) in [6.45, 7) is 3.73. The standard InChI is InChI=1S/C12H16FNO2/c1-12(2,11(15)16)7-8-14-10-6-4-3-5-9(10)13/h3-6,14H,7-8H2,1-2H3,(H,15,16). The SMILES string of the molecule is CC(C)(CCNc1ccccc1F)C(=O)O. The van der Waals surface area contributed by atoms with Gasteiger partial charge in [0.1, 0.15) is 5.82 Å². The van der Waals surface area contributed by atoms with Crippen molar-refractivity contribution in [2.75, 3.05) is 11.9 Å². The van der Waals surface area contributed by atoms with Crippen molar-refractivity contribution in [2.45, 2.75) is 20.3 Å². The summed E-state index contributed by atoms with van der Waals surface area (Å²) < 4.78 is 13.2. The van der Waals surface area contributed by atoms with E-state index in [0.29, 0.717) is 18.7 Å². The first-order valence-corrected chi connectivity index (χ1v) is 5.15. The van der Waals surface area contributed by atoms with Gasteiger partial charge in [-0.25, -0.2) is 4.39 Å². The average Bonchev–Trinajstić information content (AvgIpc) is 2.20. The molecule has 1 aromatic carbocycles. The number of aliphatic carboxylic acids is 1. The molecule has 0 heterocycles. The quantitative estimate of drug-likeness (QED) is 0.810. The van der Waals surface area contributed by atoms with Gasteiger partial charge in [0, 0.05) is 6.54 Å². The van der Waals surface area contributed by atoms with Crippen LogP contribution in [0.3, 0.4) is 0 Å². The number of para-hydroxylation sites is 1. The average molecular weight is 225 g/mol. The van der Waals surface area contributed by atoms with Crippen LogP contribution in [0.5, 0.6) is 0 Å². The maximum absolute atomic E-state index is 13.2. The molecule has 0 aliphatic rings. The number of nitrogens with one attached hydrogen (secondary N) is 1. The lowest BCUT2D eigenvalue weighted by atomic mass is 9.90. The zero-order valence-electron chi connectivity index (χ0n) is 9.46. The summed E-state index contributed by atoms with van der Waals surface area (Å²) in [4.78, 5) is 10.8.